The van der Waals surface area contributed by atoms with Crippen LogP contribution in [0.3, 0.4) is 0 Å². The third kappa shape index (κ3) is 5.26. The molecule has 0 heterocycles. The highest BCUT2D eigenvalue weighted by molar-refractivity contribution is 9.09. The molecule has 2 aromatic carbocycles. The number of alkyl halides is 1. The second-order valence-corrected chi connectivity index (χ2v) is 5.94. The van der Waals surface area contributed by atoms with Crippen molar-refractivity contribution in [1.82, 2.24) is 0 Å². The lowest BCUT2D eigenvalue weighted by Crippen LogP contribution is -2.00. The number of halogens is 1. The molecule has 0 saturated heterocycles. The van der Waals surface area contributed by atoms with Crippen LogP contribution >= 0.6 is 15.9 Å². The molecule has 0 unspecified atom stereocenters. The van der Waals surface area contributed by atoms with Crippen LogP contribution in [0, 0.1) is 0 Å². The molecule has 0 N–H and O–H groups in total. The second kappa shape index (κ2) is 9.15. The van der Waals surface area contributed by atoms with E-state index in [2.05, 4.69) is 58.4 Å². The van der Waals surface area contributed by atoms with Crippen molar-refractivity contribution in [2.75, 3.05) is 18.5 Å². The van der Waals surface area contributed by atoms with E-state index in [-0.39, 0.29) is 0 Å². The Balaban J connectivity index is 1.65. The van der Waals surface area contributed by atoms with E-state index in [0.29, 0.717) is 0 Å². The first-order valence-electron chi connectivity index (χ1n) is 7.51. The maximum atomic E-state index is 5.72. The normalized spacial score (nSPS) is 11.1. The number of fused-ring (bicyclic) bond motifs is 1. The van der Waals surface area contributed by atoms with Gasteiger partial charge >= 0.3 is 0 Å². The quantitative estimate of drug-likeness (QED) is 0.443. The zero-order valence-corrected chi connectivity index (χ0v) is 13.6. The van der Waals surface area contributed by atoms with Gasteiger partial charge < -0.3 is 4.74 Å². The summed E-state index contributed by atoms with van der Waals surface area (Å²) in [4.78, 5) is 0. The predicted molar refractivity (Wildman–Crippen MR) is 90.7 cm³/mol. The van der Waals surface area contributed by atoms with Gasteiger partial charge in [-0.1, -0.05) is 71.2 Å². The fraction of sp³-hybridized carbons (Fsp3) is 0.444. The van der Waals surface area contributed by atoms with E-state index in [0.717, 1.165) is 25.0 Å². The highest BCUT2D eigenvalue weighted by atomic mass is 79.9. The van der Waals surface area contributed by atoms with Crippen LogP contribution in [0.4, 0.5) is 0 Å². The molecule has 2 aromatic rings. The molecule has 0 saturated carbocycles. The lowest BCUT2D eigenvalue weighted by atomic mass is 10.1. The van der Waals surface area contributed by atoms with E-state index in [4.69, 9.17) is 4.74 Å². The van der Waals surface area contributed by atoms with Crippen molar-refractivity contribution in [2.24, 2.45) is 0 Å². The minimum Gasteiger partial charge on any atom is -0.381 e. The van der Waals surface area contributed by atoms with Crippen LogP contribution in [0.1, 0.15) is 31.2 Å². The summed E-state index contributed by atoms with van der Waals surface area (Å²) in [6.45, 7) is 1.73. The number of unbranched alkanes of at least 4 members (excludes halogenated alkanes) is 3. The number of hydrogen-bond acceptors (Lipinski definition) is 1. The van der Waals surface area contributed by atoms with Crippen LogP contribution < -0.4 is 0 Å². The molecule has 0 atom stereocenters. The fourth-order valence-electron chi connectivity index (χ4n) is 2.34. The van der Waals surface area contributed by atoms with Gasteiger partial charge in [-0.2, -0.15) is 0 Å². The molecule has 1 nitrogen and oxygen atoms in total. The topological polar surface area (TPSA) is 9.23 Å². The molecule has 108 valence electrons. The average molecular weight is 335 g/mol. The maximum Gasteiger partial charge on any atom is 0.0506 e. The zero-order valence-electron chi connectivity index (χ0n) is 12.0. The van der Waals surface area contributed by atoms with E-state index in [1.807, 2.05) is 0 Å². The summed E-state index contributed by atoms with van der Waals surface area (Å²) in [7, 11) is 0. The minimum absolute atomic E-state index is 0.830. The van der Waals surface area contributed by atoms with Crippen LogP contribution in [0.5, 0.6) is 0 Å². The molecule has 2 rings (SSSR count). The summed E-state index contributed by atoms with van der Waals surface area (Å²) >= 11 is 3.46. The van der Waals surface area contributed by atoms with Gasteiger partial charge in [-0.05, 0) is 35.6 Å². The second-order valence-electron chi connectivity index (χ2n) is 5.15. The third-order valence-electron chi connectivity index (χ3n) is 3.52. The first kappa shape index (κ1) is 15.5. The Morgan fingerprint density at radius 2 is 1.60 bits per heavy atom. The summed E-state index contributed by atoms with van der Waals surface area (Å²) < 4.78 is 5.72. The van der Waals surface area contributed by atoms with E-state index >= 15 is 0 Å². The molecular weight excluding hydrogens is 312 g/mol. The van der Waals surface area contributed by atoms with Crippen LogP contribution in [-0.2, 0) is 11.2 Å². The number of hydrogen-bond donors (Lipinski definition) is 0. The van der Waals surface area contributed by atoms with Crippen molar-refractivity contribution in [1.29, 1.82) is 0 Å². The van der Waals surface area contributed by atoms with Crippen molar-refractivity contribution in [3.05, 3.63) is 48.0 Å². The highest BCUT2D eigenvalue weighted by Gasteiger charge is 1.97. The molecule has 20 heavy (non-hydrogen) atoms. The molecule has 0 fully saturated rings. The Kier molecular flexibility index (Phi) is 7.10. The largest absolute Gasteiger partial charge is 0.381 e. The first-order chi connectivity index (χ1) is 9.90. The summed E-state index contributed by atoms with van der Waals surface area (Å²) in [6.07, 6.45) is 6.05. The molecule has 0 aliphatic carbocycles. The Morgan fingerprint density at radius 3 is 2.45 bits per heavy atom. The minimum atomic E-state index is 0.830. The van der Waals surface area contributed by atoms with Crippen molar-refractivity contribution in [2.45, 2.75) is 32.1 Å². The van der Waals surface area contributed by atoms with Gasteiger partial charge in [0.25, 0.3) is 0 Å². The Morgan fingerprint density at radius 1 is 0.800 bits per heavy atom. The SMILES string of the molecule is BrCCCCCCOCCc1ccc2ccccc2c1. The van der Waals surface area contributed by atoms with E-state index in [1.165, 1.54) is 42.0 Å². The lowest BCUT2D eigenvalue weighted by Gasteiger charge is -2.06. The molecular formula is C18H23BrO. The third-order valence-corrected chi connectivity index (χ3v) is 4.08. The monoisotopic (exact) mass is 334 g/mol. The molecule has 0 spiro atoms. The molecule has 0 aliphatic heterocycles. The summed E-state index contributed by atoms with van der Waals surface area (Å²) in [6, 6.07) is 15.2. The lowest BCUT2D eigenvalue weighted by molar-refractivity contribution is 0.133. The van der Waals surface area contributed by atoms with Crippen LogP contribution in [0.2, 0.25) is 0 Å². The number of ether oxygens (including phenoxy) is 1. The van der Waals surface area contributed by atoms with Crippen LogP contribution in [-0.4, -0.2) is 18.5 Å². The van der Waals surface area contributed by atoms with Crippen molar-refractivity contribution in [3.8, 4) is 0 Å². The smallest absolute Gasteiger partial charge is 0.0506 e. The standard InChI is InChI=1S/C18H23BrO/c19-12-5-1-2-6-13-20-14-11-16-9-10-17-7-3-4-8-18(17)15-16/h3-4,7-10,15H,1-2,5-6,11-14H2. The molecule has 2 heteroatoms. The van der Waals surface area contributed by atoms with Crippen molar-refractivity contribution < 1.29 is 4.74 Å². The average Bonchev–Trinajstić information content (AvgIpc) is 2.50. The Labute approximate surface area is 130 Å². The molecule has 0 bridgehead atoms. The maximum absolute atomic E-state index is 5.72. The van der Waals surface area contributed by atoms with Gasteiger partial charge in [0.15, 0.2) is 0 Å². The number of rotatable bonds is 9. The van der Waals surface area contributed by atoms with Crippen molar-refractivity contribution in [3.63, 3.8) is 0 Å². The first-order valence-corrected chi connectivity index (χ1v) is 8.64. The van der Waals surface area contributed by atoms with Gasteiger partial charge in [0.1, 0.15) is 0 Å². The number of benzene rings is 2. The summed E-state index contributed by atoms with van der Waals surface area (Å²) in [5.41, 5.74) is 1.36. The van der Waals surface area contributed by atoms with Crippen LogP contribution in [0.15, 0.2) is 42.5 Å². The van der Waals surface area contributed by atoms with Gasteiger partial charge in [-0.15, -0.1) is 0 Å². The summed E-state index contributed by atoms with van der Waals surface area (Å²) in [5.74, 6) is 0. The fourth-order valence-corrected chi connectivity index (χ4v) is 2.74. The van der Waals surface area contributed by atoms with E-state index in [9.17, 15) is 0 Å². The van der Waals surface area contributed by atoms with E-state index in [1.54, 1.807) is 0 Å². The molecule has 0 aliphatic rings. The highest BCUT2D eigenvalue weighted by Crippen LogP contribution is 2.16. The molecule has 0 radical (unpaired) electrons. The zero-order chi connectivity index (χ0) is 14.0. The summed E-state index contributed by atoms with van der Waals surface area (Å²) in [5, 5.41) is 3.75. The predicted octanol–water partition coefficient (Wildman–Crippen LogP) is 5.35. The van der Waals surface area contributed by atoms with Gasteiger partial charge in [-0.25, -0.2) is 0 Å². The van der Waals surface area contributed by atoms with Crippen LogP contribution in [0.25, 0.3) is 10.8 Å². The van der Waals surface area contributed by atoms with Gasteiger partial charge in [-0.3, -0.25) is 0 Å². The van der Waals surface area contributed by atoms with Gasteiger partial charge in [0, 0.05) is 11.9 Å². The van der Waals surface area contributed by atoms with Crippen molar-refractivity contribution >= 4 is 26.7 Å². The van der Waals surface area contributed by atoms with Gasteiger partial charge in [0.05, 0.1) is 6.61 Å². The Hall–Kier alpha value is -0.860. The van der Waals surface area contributed by atoms with E-state index < -0.39 is 0 Å². The molecule has 0 amide bonds. The Bertz CT molecular complexity index is 509. The molecule has 0 aromatic heterocycles. The van der Waals surface area contributed by atoms with Gasteiger partial charge in [0.2, 0.25) is 0 Å².